The van der Waals surface area contributed by atoms with Crippen LogP contribution in [0.25, 0.3) is 0 Å². The van der Waals surface area contributed by atoms with Crippen molar-refractivity contribution in [3.63, 3.8) is 0 Å². The van der Waals surface area contributed by atoms with Gasteiger partial charge in [-0.1, -0.05) is 0 Å². The molecule has 0 saturated carbocycles. The van der Waals surface area contributed by atoms with E-state index in [-0.39, 0.29) is 11.2 Å². The fourth-order valence-electron chi connectivity index (χ4n) is 1.78. The predicted molar refractivity (Wildman–Crippen MR) is 68.5 cm³/mol. The van der Waals surface area contributed by atoms with E-state index in [1.165, 1.54) is 11.6 Å². The summed E-state index contributed by atoms with van der Waals surface area (Å²) in [5.74, 6) is 0.779. The Kier molecular flexibility index (Phi) is 3.61. The van der Waals surface area contributed by atoms with Gasteiger partial charge in [-0.2, -0.15) is 0 Å². The number of aromatic nitrogens is 5. The van der Waals surface area contributed by atoms with Crippen LogP contribution in [-0.4, -0.2) is 23.9 Å². The molecule has 0 aliphatic carbocycles. The van der Waals surface area contributed by atoms with Gasteiger partial charge in [-0.15, -0.1) is 10.2 Å². The Morgan fingerprint density at radius 1 is 1.16 bits per heavy atom. The zero-order valence-corrected chi connectivity index (χ0v) is 11.1. The first-order chi connectivity index (χ1) is 9.00. The highest BCUT2D eigenvalue weighted by atomic mass is 16.2. The van der Waals surface area contributed by atoms with Crippen molar-refractivity contribution < 1.29 is 0 Å². The smallest absolute Gasteiger partial charge is 0.320 e. The first kappa shape index (κ1) is 13.2. The number of aryl methyl sites for hydroxylation is 2. The molecular formula is C11H16N6O2. The largest absolute Gasteiger partial charge is 0.330 e. The second-order valence-electron chi connectivity index (χ2n) is 4.37. The summed E-state index contributed by atoms with van der Waals surface area (Å²) < 4.78 is 4.28. The molecule has 1 N–H and O–H groups in total. The van der Waals surface area contributed by atoms with Crippen LogP contribution in [0, 0.1) is 0 Å². The molecule has 0 aromatic carbocycles. The van der Waals surface area contributed by atoms with Crippen LogP contribution >= 0.6 is 0 Å². The number of nitrogens with zero attached hydrogens (tertiary/aromatic N) is 5. The Labute approximate surface area is 109 Å². The van der Waals surface area contributed by atoms with Gasteiger partial charge in [0.2, 0.25) is 0 Å². The quantitative estimate of drug-likeness (QED) is 0.726. The van der Waals surface area contributed by atoms with Crippen LogP contribution < -0.4 is 16.6 Å². The van der Waals surface area contributed by atoms with E-state index in [1.54, 1.807) is 24.1 Å². The van der Waals surface area contributed by atoms with E-state index in [4.69, 9.17) is 0 Å². The second kappa shape index (κ2) is 5.19. The third-order valence-corrected chi connectivity index (χ3v) is 2.92. The summed E-state index contributed by atoms with van der Waals surface area (Å²) in [6.07, 6.45) is 3.16. The summed E-state index contributed by atoms with van der Waals surface area (Å²) in [5, 5.41) is 10.8. The molecule has 0 unspecified atom stereocenters. The topological polar surface area (TPSA) is 86.7 Å². The minimum absolute atomic E-state index is 0.284. The van der Waals surface area contributed by atoms with Gasteiger partial charge in [-0.25, -0.2) is 4.79 Å². The number of hydrogen-bond donors (Lipinski definition) is 1. The average molecular weight is 264 g/mol. The fraction of sp³-hybridized carbons (Fsp3) is 0.455. The zero-order valence-electron chi connectivity index (χ0n) is 11.1. The molecule has 102 valence electrons. The standard InChI is InChI=1S/C11H16N6O2/c1-15-6-8(10(18)17(3)11(15)19)4-12-5-9-14-13-7-16(9)2/h6-7,12H,4-5H2,1-3H3. The molecule has 0 fully saturated rings. The summed E-state index contributed by atoms with van der Waals surface area (Å²) in [4.78, 5) is 23.4. The highest BCUT2D eigenvalue weighted by molar-refractivity contribution is 5.05. The molecule has 2 aromatic rings. The van der Waals surface area contributed by atoms with Gasteiger partial charge in [0.25, 0.3) is 5.56 Å². The highest BCUT2D eigenvalue weighted by Gasteiger charge is 2.07. The van der Waals surface area contributed by atoms with Gasteiger partial charge in [0.1, 0.15) is 12.2 Å². The third kappa shape index (κ3) is 2.63. The van der Waals surface area contributed by atoms with Crippen LogP contribution in [0.5, 0.6) is 0 Å². The van der Waals surface area contributed by atoms with E-state index >= 15 is 0 Å². The maximum absolute atomic E-state index is 11.9. The van der Waals surface area contributed by atoms with E-state index in [0.717, 1.165) is 10.4 Å². The molecule has 0 aliphatic heterocycles. The average Bonchev–Trinajstić information content (AvgIpc) is 2.79. The molecular weight excluding hydrogens is 248 g/mol. The fourth-order valence-corrected chi connectivity index (χ4v) is 1.78. The van der Waals surface area contributed by atoms with Crippen molar-refractivity contribution in [1.29, 1.82) is 0 Å². The Hall–Kier alpha value is -2.22. The van der Waals surface area contributed by atoms with Crippen molar-refractivity contribution in [1.82, 2.24) is 29.2 Å². The van der Waals surface area contributed by atoms with Crippen molar-refractivity contribution >= 4 is 0 Å². The van der Waals surface area contributed by atoms with E-state index in [0.29, 0.717) is 18.7 Å². The summed E-state index contributed by atoms with van der Waals surface area (Å²) in [6.45, 7) is 0.871. The SMILES string of the molecule is Cn1cnnc1CNCc1cn(C)c(=O)n(C)c1=O. The van der Waals surface area contributed by atoms with Gasteiger partial charge < -0.3 is 14.5 Å². The van der Waals surface area contributed by atoms with E-state index < -0.39 is 0 Å². The summed E-state index contributed by atoms with van der Waals surface area (Å²) in [6, 6.07) is 0. The maximum Gasteiger partial charge on any atom is 0.330 e. The van der Waals surface area contributed by atoms with Crippen molar-refractivity contribution in [3.8, 4) is 0 Å². The first-order valence-corrected chi connectivity index (χ1v) is 5.80. The third-order valence-electron chi connectivity index (χ3n) is 2.92. The predicted octanol–water partition coefficient (Wildman–Crippen LogP) is -1.50. The Balaban J connectivity index is 2.11. The molecule has 2 rings (SSSR count). The second-order valence-corrected chi connectivity index (χ2v) is 4.37. The molecule has 8 heteroatoms. The molecule has 19 heavy (non-hydrogen) atoms. The van der Waals surface area contributed by atoms with Crippen LogP contribution in [0.2, 0.25) is 0 Å². The molecule has 0 atom stereocenters. The lowest BCUT2D eigenvalue weighted by Gasteiger charge is -2.07. The van der Waals surface area contributed by atoms with E-state index in [2.05, 4.69) is 15.5 Å². The highest BCUT2D eigenvalue weighted by Crippen LogP contribution is 1.92. The van der Waals surface area contributed by atoms with Crippen molar-refractivity contribution in [3.05, 3.63) is 44.8 Å². The zero-order chi connectivity index (χ0) is 14.0. The van der Waals surface area contributed by atoms with Crippen LogP contribution in [-0.2, 0) is 34.2 Å². The van der Waals surface area contributed by atoms with Gasteiger partial charge in [-0.05, 0) is 0 Å². The lowest BCUT2D eigenvalue weighted by atomic mass is 10.3. The molecule has 2 heterocycles. The Bertz CT molecular complexity index is 696. The maximum atomic E-state index is 11.9. The van der Waals surface area contributed by atoms with Gasteiger partial charge in [0.15, 0.2) is 0 Å². The van der Waals surface area contributed by atoms with Gasteiger partial charge in [0, 0.05) is 39.4 Å². The van der Waals surface area contributed by atoms with E-state index in [9.17, 15) is 9.59 Å². The first-order valence-electron chi connectivity index (χ1n) is 5.80. The van der Waals surface area contributed by atoms with Gasteiger partial charge in [0.05, 0.1) is 6.54 Å². The molecule has 0 aliphatic rings. The van der Waals surface area contributed by atoms with Crippen molar-refractivity contribution in [2.45, 2.75) is 13.1 Å². The van der Waals surface area contributed by atoms with Gasteiger partial charge >= 0.3 is 5.69 Å². The monoisotopic (exact) mass is 264 g/mol. The molecule has 0 saturated heterocycles. The number of rotatable bonds is 4. The van der Waals surface area contributed by atoms with Gasteiger partial charge in [-0.3, -0.25) is 9.36 Å². The minimum atomic E-state index is -0.331. The Morgan fingerprint density at radius 3 is 2.53 bits per heavy atom. The van der Waals surface area contributed by atoms with E-state index in [1.807, 2.05) is 7.05 Å². The van der Waals surface area contributed by atoms with Crippen LogP contribution in [0.3, 0.4) is 0 Å². The molecule has 0 radical (unpaired) electrons. The van der Waals surface area contributed by atoms with Crippen LogP contribution in [0.4, 0.5) is 0 Å². The number of nitrogens with one attached hydrogen (secondary N) is 1. The molecule has 0 spiro atoms. The van der Waals surface area contributed by atoms with Crippen molar-refractivity contribution in [2.24, 2.45) is 21.1 Å². The summed E-state index contributed by atoms with van der Waals surface area (Å²) >= 11 is 0. The number of hydrogen-bond acceptors (Lipinski definition) is 5. The molecule has 0 bridgehead atoms. The lowest BCUT2D eigenvalue weighted by molar-refractivity contribution is 0.607. The molecule has 0 amide bonds. The van der Waals surface area contributed by atoms with Crippen molar-refractivity contribution in [2.75, 3.05) is 0 Å². The normalized spacial score (nSPS) is 10.9. The summed E-state index contributed by atoms with van der Waals surface area (Å²) in [7, 11) is 4.94. The summed E-state index contributed by atoms with van der Waals surface area (Å²) in [5.41, 5.74) is -0.0811. The van der Waals surface area contributed by atoms with Crippen LogP contribution in [0.1, 0.15) is 11.4 Å². The van der Waals surface area contributed by atoms with Crippen LogP contribution in [0.15, 0.2) is 22.1 Å². The minimum Gasteiger partial charge on any atom is -0.320 e. The molecule has 8 nitrogen and oxygen atoms in total. The molecule has 2 aromatic heterocycles. The lowest BCUT2D eigenvalue weighted by Crippen LogP contribution is -2.39. The Morgan fingerprint density at radius 2 is 1.89 bits per heavy atom.